The molecule has 30 heavy (non-hydrogen) atoms. The zero-order chi connectivity index (χ0) is 22.1. The van der Waals surface area contributed by atoms with Crippen molar-refractivity contribution in [2.45, 2.75) is 25.2 Å². The molecule has 3 rings (SSSR count). The van der Waals surface area contributed by atoms with Crippen molar-refractivity contribution in [2.75, 3.05) is 11.5 Å². The second-order valence-electron chi connectivity index (χ2n) is 6.33. The van der Waals surface area contributed by atoms with E-state index in [-0.39, 0.29) is 50.4 Å². The first kappa shape index (κ1) is 21.7. The van der Waals surface area contributed by atoms with Crippen molar-refractivity contribution < 1.29 is 30.4 Å². The van der Waals surface area contributed by atoms with Crippen LogP contribution in [0.15, 0.2) is 45.7 Å². The van der Waals surface area contributed by atoms with Crippen molar-refractivity contribution in [1.82, 2.24) is 4.98 Å². The average Bonchev–Trinajstić information content (AvgIpc) is 3.10. The topological polar surface area (TPSA) is 147 Å². The van der Waals surface area contributed by atoms with E-state index in [1.54, 1.807) is 6.92 Å². The van der Waals surface area contributed by atoms with E-state index in [1.165, 1.54) is 25.1 Å². The zero-order valence-corrected chi connectivity index (χ0v) is 17.7. The van der Waals surface area contributed by atoms with E-state index in [1.807, 2.05) is 0 Å². The van der Waals surface area contributed by atoms with Crippen molar-refractivity contribution in [3.8, 4) is 17.2 Å². The SMILES string of the molecule is CCCS(=O)(=O)Oc1ccc([N+](=O)[O-])cc1-c1nc2cc(S(=O)(=O)CC)ccc2o1. The Kier molecular flexibility index (Phi) is 5.81. The molecule has 1 heterocycles. The smallest absolute Gasteiger partial charge is 0.309 e. The van der Waals surface area contributed by atoms with Gasteiger partial charge in [-0.25, -0.2) is 13.4 Å². The highest BCUT2D eigenvalue weighted by Gasteiger charge is 2.23. The minimum absolute atomic E-state index is 0.0417. The molecule has 0 fully saturated rings. The molecule has 0 aliphatic heterocycles. The normalized spacial score (nSPS) is 12.2. The van der Waals surface area contributed by atoms with E-state index in [4.69, 9.17) is 8.60 Å². The number of benzene rings is 2. The van der Waals surface area contributed by atoms with Gasteiger partial charge in [0.25, 0.3) is 5.69 Å². The molecule has 0 saturated heterocycles. The molecule has 0 saturated carbocycles. The first-order chi connectivity index (χ1) is 14.1. The quantitative estimate of drug-likeness (QED) is 0.284. The van der Waals surface area contributed by atoms with Crippen LogP contribution in [0.4, 0.5) is 5.69 Å². The number of hydrogen-bond acceptors (Lipinski definition) is 9. The average molecular weight is 454 g/mol. The van der Waals surface area contributed by atoms with E-state index < -0.39 is 24.9 Å². The summed E-state index contributed by atoms with van der Waals surface area (Å²) in [6, 6.07) is 7.46. The maximum atomic E-state index is 12.1. The van der Waals surface area contributed by atoms with Crippen LogP contribution in [0, 0.1) is 10.1 Å². The van der Waals surface area contributed by atoms with Gasteiger partial charge in [0, 0.05) is 12.1 Å². The maximum absolute atomic E-state index is 12.1. The van der Waals surface area contributed by atoms with Crippen molar-refractivity contribution in [3.63, 3.8) is 0 Å². The Balaban J connectivity index is 2.16. The molecule has 0 amide bonds. The van der Waals surface area contributed by atoms with Crippen LogP contribution in [0.3, 0.4) is 0 Å². The molecule has 0 spiro atoms. The summed E-state index contributed by atoms with van der Waals surface area (Å²) in [7, 11) is -7.40. The van der Waals surface area contributed by atoms with Crippen molar-refractivity contribution in [2.24, 2.45) is 0 Å². The summed E-state index contributed by atoms with van der Waals surface area (Å²) in [6.07, 6.45) is 0.322. The summed E-state index contributed by atoms with van der Waals surface area (Å²) >= 11 is 0. The van der Waals surface area contributed by atoms with Crippen LogP contribution in [0.2, 0.25) is 0 Å². The standard InChI is InChI=1S/C18H18N2O8S2/c1-3-9-30(25,26)28-16-7-5-12(20(21)22)10-14(16)18-19-15-11-13(29(23,24)4-2)6-8-17(15)27-18/h5-8,10-11H,3-4,9H2,1-2H3. The lowest BCUT2D eigenvalue weighted by Crippen LogP contribution is -2.13. The van der Waals surface area contributed by atoms with Gasteiger partial charge in [0.2, 0.25) is 5.89 Å². The Morgan fingerprint density at radius 1 is 1.10 bits per heavy atom. The second kappa shape index (κ2) is 8.03. The Labute approximate surface area is 172 Å². The summed E-state index contributed by atoms with van der Waals surface area (Å²) in [5.74, 6) is -0.653. The number of oxazole rings is 1. The number of hydrogen-bond donors (Lipinski definition) is 0. The van der Waals surface area contributed by atoms with E-state index in [2.05, 4.69) is 4.98 Å². The van der Waals surface area contributed by atoms with Crippen LogP contribution in [-0.2, 0) is 20.0 Å². The van der Waals surface area contributed by atoms with Crippen LogP contribution in [0.5, 0.6) is 5.75 Å². The predicted molar refractivity (Wildman–Crippen MR) is 109 cm³/mol. The van der Waals surface area contributed by atoms with Gasteiger partial charge in [-0.3, -0.25) is 10.1 Å². The fourth-order valence-corrected chi connectivity index (χ4v) is 4.58. The summed E-state index contributed by atoms with van der Waals surface area (Å²) in [6.45, 7) is 3.18. The number of rotatable bonds is 8. The summed E-state index contributed by atoms with van der Waals surface area (Å²) in [5.41, 5.74) is 0.0732. The Bertz CT molecular complexity index is 1330. The van der Waals surface area contributed by atoms with E-state index in [9.17, 15) is 26.9 Å². The molecule has 10 nitrogen and oxygen atoms in total. The number of fused-ring (bicyclic) bond motifs is 1. The van der Waals surface area contributed by atoms with Crippen molar-refractivity contribution in [1.29, 1.82) is 0 Å². The van der Waals surface area contributed by atoms with Gasteiger partial charge in [0.15, 0.2) is 21.2 Å². The largest absolute Gasteiger partial charge is 0.436 e. The number of nitrogens with zero attached hydrogens (tertiary/aromatic N) is 2. The highest BCUT2D eigenvalue weighted by atomic mass is 32.2. The van der Waals surface area contributed by atoms with Gasteiger partial charge in [-0.05, 0) is 30.7 Å². The third kappa shape index (κ3) is 4.44. The van der Waals surface area contributed by atoms with Gasteiger partial charge in [-0.1, -0.05) is 13.8 Å². The monoisotopic (exact) mass is 454 g/mol. The first-order valence-electron chi connectivity index (χ1n) is 8.90. The lowest BCUT2D eigenvalue weighted by atomic mass is 10.2. The van der Waals surface area contributed by atoms with Gasteiger partial charge >= 0.3 is 10.1 Å². The van der Waals surface area contributed by atoms with E-state index in [0.717, 1.165) is 18.2 Å². The van der Waals surface area contributed by atoms with Crippen LogP contribution < -0.4 is 4.18 Å². The van der Waals surface area contributed by atoms with Gasteiger partial charge in [-0.2, -0.15) is 8.42 Å². The van der Waals surface area contributed by atoms with Crippen LogP contribution >= 0.6 is 0 Å². The minimum Gasteiger partial charge on any atom is -0.436 e. The van der Waals surface area contributed by atoms with E-state index >= 15 is 0 Å². The van der Waals surface area contributed by atoms with Gasteiger partial charge in [0.05, 0.1) is 26.9 Å². The molecule has 0 radical (unpaired) electrons. The van der Waals surface area contributed by atoms with Gasteiger partial charge < -0.3 is 8.60 Å². The number of nitro groups is 1. The Morgan fingerprint density at radius 3 is 2.47 bits per heavy atom. The summed E-state index contributed by atoms with van der Waals surface area (Å²) in [5, 5.41) is 11.2. The molecule has 1 aromatic heterocycles. The molecule has 0 unspecified atom stereocenters. The minimum atomic E-state index is -3.93. The molecule has 0 bridgehead atoms. The third-order valence-corrected chi connectivity index (χ3v) is 7.25. The maximum Gasteiger partial charge on any atom is 0.309 e. The number of nitro benzene ring substituents is 1. The van der Waals surface area contributed by atoms with Gasteiger partial charge in [-0.15, -0.1) is 0 Å². The van der Waals surface area contributed by atoms with Crippen LogP contribution in [0.1, 0.15) is 20.3 Å². The number of aromatic nitrogens is 1. The number of non-ortho nitro benzene ring substituents is 1. The highest BCUT2D eigenvalue weighted by molar-refractivity contribution is 7.91. The first-order valence-corrected chi connectivity index (χ1v) is 12.1. The fourth-order valence-electron chi connectivity index (χ4n) is 2.68. The second-order valence-corrected chi connectivity index (χ2v) is 10.3. The number of sulfone groups is 1. The summed E-state index contributed by atoms with van der Waals surface area (Å²) < 4.78 is 59.1. The van der Waals surface area contributed by atoms with E-state index in [0.29, 0.717) is 6.42 Å². The lowest BCUT2D eigenvalue weighted by molar-refractivity contribution is -0.384. The Hall–Kier alpha value is -2.99. The molecule has 0 aliphatic rings. The molecular formula is C18H18N2O8S2. The van der Waals surface area contributed by atoms with Crippen molar-refractivity contribution >= 4 is 36.7 Å². The molecule has 0 N–H and O–H groups in total. The molecule has 0 aliphatic carbocycles. The zero-order valence-electron chi connectivity index (χ0n) is 16.1. The molecular weight excluding hydrogens is 436 g/mol. The van der Waals surface area contributed by atoms with Gasteiger partial charge in [0.1, 0.15) is 5.52 Å². The summed E-state index contributed by atoms with van der Waals surface area (Å²) in [4.78, 5) is 14.8. The lowest BCUT2D eigenvalue weighted by Gasteiger charge is -2.09. The van der Waals surface area contributed by atoms with Crippen molar-refractivity contribution in [3.05, 3.63) is 46.5 Å². The molecule has 2 aromatic carbocycles. The fraction of sp³-hybridized carbons (Fsp3) is 0.278. The Morgan fingerprint density at radius 2 is 1.83 bits per heavy atom. The molecule has 0 atom stereocenters. The van der Waals surface area contributed by atoms with Crippen LogP contribution in [0.25, 0.3) is 22.6 Å². The molecule has 12 heteroatoms. The highest BCUT2D eigenvalue weighted by Crippen LogP contribution is 2.36. The van der Waals surface area contributed by atoms with Crippen LogP contribution in [-0.4, -0.2) is 38.2 Å². The predicted octanol–water partition coefficient (Wildman–Crippen LogP) is 3.32. The molecule has 3 aromatic rings. The third-order valence-electron chi connectivity index (χ3n) is 4.17. The molecule has 160 valence electrons.